The third-order valence-electron chi connectivity index (χ3n) is 4.64. The van der Waals surface area contributed by atoms with Crippen LogP contribution in [0.1, 0.15) is 50.8 Å². The van der Waals surface area contributed by atoms with E-state index in [2.05, 4.69) is 75.2 Å². The van der Waals surface area contributed by atoms with Crippen molar-refractivity contribution in [2.45, 2.75) is 72.1 Å². The molecular formula is C21H38N8S. The Kier molecular flexibility index (Phi) is 10.2. The van der Waals surface area contributed by atoms with E-state index in [1.807, 2.05) is 6.92 Å². The van der Waals surface area contributed by atoms with Gasteiger partial charge in [0.25, 0.3) is 0 Å². The molecule has 0 aliphatic rings. The van der Waals surface area contributed by atoms with Gasteiger partial charge >= 0.3 is 0 Å². The highest BCUT2D eigenvalue weighted by atomic mass is 32.2. The summed E-state index contributed by atoms with van der Waals surface area (Å²) in [5.74, 6) is 2.52. The van der Waals surface area contributed by atoms with Crippen LogP contribution in [0.15, 0.2) is 16.2 Å². The minimum Gasteiger partial charge on any atom is -0.357 e. The summed E-state index contributed by atoms with van der Waals surface area (Å²) < 4.78 is 4.31. The largest absolute Gasteiger partial charge is 0.357 e. The summed E-state index contributed by atoms with van der Waals surface area (Å²) in [4.78, 5) is 4.70. The summed E-state index contributed by atoms with van der Waals surface area (Å²) in [6, 6.07) is 2.11. The molecule has 0 saturated carbocycles. The van der Waals surface area contributed by atoms with Crippen molar-refractivity contribution in [2.75, 3.05) is 25.9 Å². The predicted octanol–water partition coefficient (Wildman–Crippen LogP) is 3.05. The van der Waals surface area contributed by atoms with Gasteiger partial charge in [0, 0.05) is 44.8 Å². The second kappa shape index (κ2) is 12.6. The Morgan fingerprint density at radius 2 is 2.00 bits per heavy atom. The van der Waals surface area contributed by atoms with Crippen molar-refractivity contribution in [3.63, 3.8) is 0 Å². The monoisotopic (exact) mass is 434 g/mol. The molecule has 30 heavy (non-hydrogen) atoms. The highest BCUT2D eigenvalue weighted by Gasteiger charge is 2.12. The fraction of sp³-hybridized carbons (Fsp3) is 0.714. The molecule has 2 N–H and O–H groups in total. The number of aryl methyl sites for hydroxylation is 4. The molecule has 2 rings (SSSR count). The minimum absolute atomic E-state index is 0.575. The van der Waals surface area contributed by atoms with Crippen molar-refractivity contribution in [1.82, 2.24) is 35.2 Å². The van der Waals surface area contributed by atoms with Crippen molar-refractivity contribution >= 4 is 17.7 Å². The molecule has 0 atom stereocenters. The van der Waals surface area contributed by atoms with E-state index in [9.17, 15) is 0 Å². The molecule has 0 bridgehead atoms. The van der Waals surface area contributed by atoms with E-state index in [4.69, 9.17) is 4.99 Å². The van der Waals surface area contributed by atoms with E-state index < -0.39 is 0 Å². The summed E-state index contributed by atoms with van der Waals surface area (Å²) in [6.45, 7) is 15.0. The Morgan fingerprint density at radius 3 is 2.63 bits per heavy atom. The summed E-state index contributed by atoms with van der Waals surface area (Å²) in [5.41, 5.74) is 2.27. The number of aromatic nitrogens is 5. The SMILES string of the molecule is CCNC(=NCCCn1nc(C)cc1C)NCCCc1nnc(SC)n1CC(C)C. The van der Waals surface area contributed by atoms with Crippen LogP contribution >= 0.6 is 11.8 Å². The molecule has 0 amide bonds. The van der Waals surface area contributed by atoms with E-state index in [1.165, 1.54) is 5.69 Å². The van der Waals surface area contributed by atoms with Gasteiger partial charge in [-0.1, -0.05) is 25.6 Å². The van der Waals surface area contributed by atoms with Crippen LogP contribution in [-0.4, -0.2) is 56.4 Å². The first-order valence-corrected chi connectivity index (χ1v) is 12.2. The zero-order valence-electron chi connectivity index (χ0n) is 19.4. The zero-order chi connectivity index (χ0) is 21.9. The van der Waals surface area contributed by atoms with Gasteiger partial charge in [-0.15, -0.1) is 10.2 Å². The molecule has 0 unspecified atom stereocenters. The van der Waals surface area contributed by atoms with Crippen molar-refractivity contribution in [3.05, 3.63) is 23.3 Å². The van der Waals surface area contributed by atoms with Gasteiger partial charge < -0.3 is 15.2 Å². The Bertz CT molecular complexity index is 793. The van der Waals surface area contributed by atoms with Crippen molar-refractivity contribution in [2.24, 2.45) is 10.9 Å². The lowest BCUT2D eigenvalue weighted by molar-refractivity contribution is 0.477. The van der Waals surface area contributed by atoms with E-state index >= 15 is 0 Å². The van der Waals surface area contributed by atoms with E-state index in [0.29, 0.717) is 5.92 Å². The van der Waals surface area contributed by atoms with Crippen LogP contribution in [0.4, 0.5) is 0 Å². The van der Waals surface area contributed by atoms with Crippen LogP contribution in [0.3, 0.4) is 0 Å². The first kappa shape index (κ1) is 24.2. The summed E-state index contributed by atoms with van der Waals surface area (Å²) in [7, 11) is 0. The highest BCUT2D eigenvalue weighted by Crippen LogP contribution is 2.16. The van der Waals surface area contributed by atoms with Crippen molar-refractivity contribution in [1.29, 1.82) is 0 Å². The van der Waals surface area contributed by atoms with Gasteiger partial charge in [-0.2, -0.15) is 5.10 Å². The molecule has 2 heterocycles. The van der Waals surface area contributed by atoms with Crippen molar-refractivity contribution in [3.8, 4) is 0 Å². The lowest BCUT2D eigenvalue weighted by atomic mass is 10.2. The van der Waals surface area contributed by atoms with Crippen LogP contribution in [0, 0.1) is 19.8 Å². The molecule has 0 saturated heterocycles. The lowest BCUT2D eigenvalue weighted by Gasteiger charge is -2.13. The molecular weight excluding hydrogens is 396 g/mol. The molecule has 0 spiro atoms. The number of nitrogens with zero attached hydrogens (tertiary/aromatic N) is 6. The molecule has 2 aromatic rings. The quantitative estimate of drug-likeness (QED) is 0.231. The van der Waals surface area contributed by atoms with Crippen LogP contribution in [-0.2, 0) is 19.5 Å². The van der Waals surface area contributed by atoms with Crippen LogP contribution < -0.4 is 10.6 Å². The molecule has 0 radical (unpaired) electrons. The Labute approximate surface area is 185 Å². The topological polar surface area (TPSA) is 84.9 Å². The van der Waals surface area contributed by atoms with E-state index in [0.717, 1.165) is 74.6 Å². The Balaban J connectivity index is 1.78. The van der Waals surface area contributed by atoms with Gasteiger partial charge in [-0.25, -0.2) is 0 Å². The molecule has 0 aromatic carbocycles. The van der Waals surface area contributed by atoms with Crippen LogP contribution in [0.25, 0.3) is 0 Å². The molecule has 0 aliphatic carbocycles. The van der Waals surface area contributed by atoms with Gasteiger partial charge in [-0.05, 0) is 51.9 Å². The van der Waals surface area contributed by atoms with Gasteiger partial charge in [0.05, 0.1) is 5.69 Å². The standard InChI is InChI=1S/C21H38N8S/c1-7-22-20(24-12-9-13-29-18(5)14-17(4)27-29)23-11-8-10-19-25-26-21(30-6)28(19)15-16(2)3/h14,16H,7-13,15H2,1-6H3,(H2,22,23,24). The second-order valence-corrected chi connectivity index (χ2v) is 8.68. The fourth-order valence-corrected chi connectivity index (χ4v) is 3.83. The van der Waals surface area contributed by atoms with Gasteiger partial charge in [0.1, 0.15) is 5.82 Å². The van der Waals surface area contributed by atoms with E-state index in [-0.39, 0.29) is 0 Å². The maximum absolute atomic E-state index is 4.70. The number of hydrogen-bond acceptors (Lipinski definition) is 5. The molecule has 168 valence electrons. The maximum atomic E-state index is 4.70. The minimum atomic E-state index is 0.575. The fourth-order valence-electron chi connectivity index (χ4n) is 3.31. The molecule has 8 nitrogen and oxygen atoms in total. The maximum Gasteiger partial charge on any atom is 0.191 e. The van der Waals surface area contributed by atoms with E-state index in [1.54, 1.807) is 11.8 Å². The van der Waals surface area contributed by atoms with Crippen molar-refractivity contribution < 1.29 is 0 Å². The molecule has 9 heteroatoms. The number of rotatable bonds is 12. The summed E-state index contributed by atoms with van der Waals surface area (Å²) in [6.07, 6.45) is 4.92. The molecule has 0 aliphatic heterocycles. The van der Waals surface area contributed by atoms with Gasteiger partial charge in [0.15, 0.2) is 11.1 Å². The smallest absolute Gasteiger partial charge is 0.191 e. The number of aliphatic imine (C=N–C) groups is 1. The summed E-state index contributed by atoms with van der Waals surface area (Å²) >= 11 is 1.66. The van der Waals surface area contributed by atoms with Gasteiger partial charge in [-0.3, -0.25) is 9.67 Å². The predicted molar refractivity (Wildman–Crippen MR) is 125 cm³/mol. The normalized spacial score (nSPS) is 12.0. The number of hydrogen-bond donors (Lipinski definition) is 2. The number of nitrogens with one attached hydrogen (secondary N) is 2. The molecule has 2 aromatic heterocycles. The second-order valence-electron chi connectivity index (χ2n) is 7.90. The Morgan fingerprint density at radius 1 is 1.20 bits per heavy atom. The number of guanidine groups is 1. The first-order chi connectivity index (χ1) is 14.4. The highest BCUT2D eigenvalue weighted by molar-refractivity contribution is 7.98. The average Bonchev–Trinajstić information content (AvgIpc) is 3.23. The number of thioether (sulfide) groups is 1. The Hall–Kier alpha value is -2.03. The zero-order valence-corrected chi connectivity index (χ0v) is 20.2. The molecule has 0 fully saturated rings. The van der Waals surface area contributed by atoms with Gasteiger partial charge in [0.2, 0.25) is 0 Å². The third kappa shape index (κ3) is 7.66. The van der Waals surface area contributed by atoms with Crippen LogP contribution in [0.2, 0.25) is 0 Å². The third-order valence-corrected chi connectivity index (χ3v) is 5.31. The van der Waals surface area contributed by atoms with Crippen LogP contribution in [0.5, 0.6) is 0 Å². The average molecular weight is 435 g/mol. The summed E-state index contributed by atoms with van der Waals surface area (Å²) in [5, 5.41) is 21.0. The lowest BCUT2D eigenvalue weighted by Crippen LogP contribution is -2.38. The first-order valence-electron chi connectivity index (χ1n) is 10.9.